The van der Waals surface area contributed by atoms with Crippen LogP contribution < -0.4 is 5.32 Å². The lowest BCUT2D eigenvalue weighted by atomic mass is 10.1. The van der Waals surface area contributed by atoms with E-state index in [0.29, 0.717) is 6.54 Å². The maximum absolute atomic E-state index is 10.7. The Morgan fingerprint density at radius 1 is 1.18 bits per heavy atom. The van der Waals surface area contributed by atoms with Gasteiger partial charge in [-0.1, -0.05) is 24.3 Å². The van der Waals surface area contributed by atoms with Crippen molar-refractivity contribution in [2.24, 2.45) is 0 Å². The number of nitrogens with zero attached hydrogens (tertiary/aromatic N) is 4. The molecule has 28 heavy (non-hydrogen) atoms. The third kappa shape index (κ3) is 3.88. The van der Waals surface area contributed by atoms with Crippen LogP contribution in [0.5, 0.6) is 0 Å². The van der Waals surface area contributed by atoms with Crippen LogP contribution in [0.2, 0.25) is 0 Å². The van der Waals surface area contributed by atoms with Gasteiger partial charge in [-0.2, -0.15) is 5.10 Å². The first-order valence-electron chi connectivity index (χ1n) is 8.68. The van der Waals surface area contributed by atoms with Gasteiger partial charge in [0.25, 0.3) is 0 Å². The maximum Gasteiger partial charge on any atom is 0.328 e. The van der Waals surface area contributed by atoms with Gasteiger partial charge in [0.1, 0.15) is 5.82 Å². The summed E-state index contributed by atoms with van der Waals surface area (Å²) in [4.78, 5) is 19.5. The minimum absolute atomic E-state index is 0.621. The van der Waals surface area contributed by atoms with Crippen LogP contribution >= 0.6 is 0 Å². The maximum atomic E-state index is 10.7. The number of nitrogens with one attached hydrogen (secondary N) is 1. The van der Waals surface area contributed by atoms with Crippen LogP contribution in [-0.4, -0.2) is 30.7 Å². The van der Waals surface area contributed by atoms with Gasteiger partial charge in [-0.05, 0) is 41.0 Å². The second-order valence-corrected chi connectivity index (χ2v) is 6.15. The highest BCUT2D eigenvalue weighted by atomic mass is 16.4. The van der Waals surface area contributed by atoms with Gasteiger partial charge < -0.3 is 10.4 Å². The van der Waals surface area contributed by atoms with E-state index in [-0.39, 0.29) is 0 Å². The average molecular weight is 371 g/mol. The fourth-order valence-corrected chi connectivity index (χ4v) is 2.84. The van der Waals surface area contributed by atoms with E-state index in [2.05, 4.69) is 20.4 Å². The Balaban J connectivity index is 1.63. The second-order valence-electron chi connectivity index (χ2n) is 6.15. The number of pyridine rings is 1. The van der Waals surface area contributed by atoms with Crippen molar-refractivity contribution in [1.82, 2.24) is 19.6 Å². The molecule has 3 aromatic heterocycles. The van der Waals surface area contributed by atoms with E-state index >= 15 is 0 Å². The lowest BCUT2D eigenvalue weighted by molar-refractivity contribution is -0.131. The number of aliphatic carboxylic acids is 1. The largest absolute Gasteiger partial charge is 0.478 e. The SMILES string of the molecule is O=C(O)C=Cc1cccc(-c2cnn3ccc(NCc4cccnc4)nc23)c1. The first kappa shape index (κ1) is 17.4. The molecule has 0 atom stereocenters. The Morgan fingerprint density at radius 2 is 2.11 bits per heavy atom. The molecule has 0 aliphatic rings. The molecule has 0 unspecified atom stereocenters. The van der Waals surface area contributed by atoms with Gasteiger partial charge in [-0.15, -0.1) is 0 Å². The standard InChI is InChI=1S/C21H17N5O2/c27-20(28)7-6-15-3-1-5-17(11-15)18-14-24-26-10-8-19(25-21(18)26)23-13-16-4-2-9-22-12-16/h1-12,14H,13H2,(H,23,25)(H,27,28). The zero-order chi connectivity index (χ0) is 19.3. The molecule has 138 valence electrons. The highest BCUT2D eigenvalue weighted by molar-refractivity contribution is 5.86. The Labute approximate surface area is 161 Å². The Kier molecular flexibility index (Phi) is 4.79. The monoisotopic (exact) mass is 371 g/mol. The quantitative estimate of drug-likeness (QED) is 0.504. The predicted molar refractivity (Wildman–Crippen MR) is 107 cm³/mol. The normalized spacial score (nSPS) is 11.1. The lowest BCUT2D eigenvalue weighted by Gasteiger charge is -2.06. The van der Waals surface area contributed by atoms with Crippen molar-refractivity contribution in [1.29, 1.82) is 0 Å². The minimum atomic E-state index is -0.979. The summed E-state index contributed by atoms with van der Waals surface area (Å²) in [6.45, 7) is 0.621. The molecule has 0 bridgehead atoms. The molecule has 4 rings (SSSR count). The Bertz CT molecular complexity index is 1150. The van der Waals surface area contributed by atoms with Crippen molar-refractivity contribution in [2.45, 2.75) is 6.54 Å². The number of hydrogen-bond acceptors (Lipinski definition) is 5. The van der Waals surface area contributed by atoms with Crippen molar-refractivity contribution in [2.75, 3.05) is 5.32 Å². The van der Waals surface area contributed by atoms with Crippen molar-refractivity contribution in [3.05, 3.63) is 84.5 Å². The van der Waals surface area contributed by atoms with Crippen LogP contribution in [0.15, 0.2) is 73.3 Å². The molecule has 4 aromatic rings. The molecule has 0 fully saturated rings. The summed E-state index contributed by atoms with van der Waals surface area (Å²) in [5.74, 6) is -0.243. The van der Waals surface area contributed by atoms with Crippen LogP contribution in [0, 0.1) is 0 Å². The van der Waals surface area contributed by atoms with Crippen LogP contribution in [0.4, 0.5) is 5.82 Å². The van der Waals surface area contributed by atoms with Crippen molar-refractivity contribution >= 4 is 23.5 Å². The molecule has 7 heteroatoms. The number of fused-ring (bicyclic) bond motifs is 1. The van der Waals surface area contributed by atoms with Gasteiger partial charge in [0.15, 0.2) is 5.65 Å². The van der Waals surface area contributed by atoms with Crippen molar-refractivity contribution < 1.29 is 9.90 Å². The number of hydrogen-bond donors (Lipinski definition) is 2. The molecular formula is C21H17N5O2. The molecule has 0 aliphatic carbocycles. The molecule has 2 N–H and O–H groups in total. The summed E-state index contributed by atoms with van der Waals surface area (Å²) in [5.41, 5.74) is 4.37. The Morgan fingerprint density at radius 3 is 2.93 bits per heavy atom. The van der Waals surface area contributed by atoms with Crippen LogP contribution in [-0.2, 0) is 11.3 Å². The number of carboxylic acids is 1. The molecule has 0 saturated heterocycles. The fraction of sp³-hybridized carbons (Fsp3) is 0.0476. The van der Waals surface area contributed by atoms with Crippen LogP contribution in [0.1, 0.15) is 11.1 Å². The van der Waals surface area contributed by atoms with E-state index in [0.717, 1.165) is 39.8 Å². The van der Waals surface area contributed by atoms with E-state index in [1.807, 2.05) is 54.9 Å². The molecule has 1 aromatic carbocycles. The van der Waals surface area contributed by atoms with Gasteiger partial charge in [0, 0.05) is 36.8 Å². The average Bonchev–Trinajstić information content (AvgIpc) is 3.15. The summed E-state index contributed by atoms with van der Waals surface area (Å²) >= 11 is 0. The van der Waals surface area contributed by atoms with Crippen molar-refractivity contribution in [3.63, 3.8) is 0 Å². The van der Waals surface area contributed by atoms with Crippen LogP contribution in [0.25, 0.3) is 22.9 Å². The summed E-state index contributed by atoms with van der Waals surface area (Å²) in [7, 11) is 0. The molecule has 3 heterocycles. The zero-order valence-electron chi connectivity index (χ0n) is 14.9. The van der Waals surface area contributed by atoms with Gasteiger partial charge in [-0.3, -0.25) is 4.98 Å². The van der Waals surface area contributed by atoms with E-state index in [1.165, 1.54) is 0 Å². The molecule has 0 spiro atoms. The summed E-state index contributed by atoms with van der Waals surface area (Å²) in [6, 6.07) is 13.4. The topological polar surface area (TPSA) is 92.4 Å². The number of rotatable bonds is 6. The van der Waals surface area contributed by atoms with Crippen LogP contribution in [0.3, 0.4) is 0 Å². The first-order chi connectivity index (χ1) is 13.7. The van der Waals surface area contributed by atoms with E-state index in [1.54, 1.807) is 23.0 Å². The molecule has 0 aliphatic heterocycles. The number of carbonyl (C=O) groups is 1. The molecule has 0 radical (unpaired) electrons. The number of benzene rings is 1. The second kappa shape index (κ2) is 7.71. The van der Waals surface area contributed by atoms with Gasteiger partial charge in [0.05, 0.1) is 6.20 Å². The minimum Gasteiger partial charge on any atom is -0.478 e. The van der Waals surface area contributed by atoms with E-state index in [4.69, 9.17) is 5.11 Å². The van der Waals surface area contributed by atoms with Gasteiger partial charge in [-0.25, -0.2) is 14.3 Å². The summed E-state index contributed by atoms with van der Waals surface area (Å²) in [5, 5.41) is 16.5. The Hall–Kier alpha value is -4.00. The van der Waals surface area contributed by atoms with E-state index in [9.17, 15) is 4.79 Å². The first-order valence-corrected chi connectivity index (χ1v) is 8.68. The zero-order valence-corrected chi connectivity index (χ0v) is 14.9. The highest BCUT2D eigenvalue weighted by Crippen LogP contribution is 2.25. The summed E-state index contributed by atoms with van der Waals surface area (Å²) in [6.07, 6.45) is 9.84. The molecule has 7 nitrogen and oxygen atoms in total. The third-order valence-corrected chi connectivity index (χ3v) is 4.18. The molecular weight excluding hydrogens is 354 g/mol. The molecule has 0 amide bonds. The van der Waals surface area contributed by atoms with Gasteiger partial charge >= 0.3 is 5.97 Å². The smallest absolute Gasteiger partial charge is 0.328 e. The number of anilines is 1. The molecule has 0 saturated carbocycles. The van der Waals surface area contributed by atoms with Crippen molar-refractivity contribution in [3.8, 4) is 11.1 Å². The number of aromatic nitrogens is 4. The lowest BCUT2D eigenvalue weighted by Crippen LogP contribution is -2.03. The predicted octanol–water partition coefficient (Wildman–Crippen LogP) is 3.50. The summed E-state index contributed by atoms with van der Waals surface area (Å²) < 4.78 is 1.71. The number of carboxylic acid groups (broad SMARTS) is 1. The highest BCUT2D eigenvalue weighted by Gasteiger charge is 2.09. The fourth-order valence-electron chi connectivity index (χ4n) is 2.84. The van der Waals surface area contributed by atoms with Gasteiger partial charge in [0.2, 0.25) is 0 Å². The van der Waals surface area contributed by atoms with E-state index < -0.39 is 5.97 Å². The third-order valence-electron chi connectivity index (χ3n) is 4.18.